The summed E-state index contributed by atoms with van der Waals surface area (Å²) in [6.45, 7) is 1.38. The summed E-state index contributed by atoms with van der Waals surface area (Å²) < 4.78 is 4.99. The number of carbonyl (C=O) groups excluding carboxylic acids is 1. The first-order valence-corrected chi connectivity index (χ1v) is 4.45. The first-order chi connectivity index (χ1) is 6.63. The van der Waals surface area contributed by atoms with Crippen LogP contribution in [-0.2, 0) is 11.2 Å². The summed E-state index contributed by atoms with van der Waals surface area (Å²) in [5, 5.41) is 9.33. The Labute approximate surface area is 83.3 Å². The molecule has 3 nitrogen and oxygen atoms in total. The van der Waals surface area contributed by atoms with Crippen molar-refractivity contribution in [2.24, 2.45) is 0 Å². The van der Waals surface area contributed by atoms with Crippen LogP contribution in [0.3, 0.4) is 0 Å². The van der Waals surface area contributed by atoms with Gasteiger partial charge in [-0.25, -0.2) is 0 Å². The number of Topliss-reactive ketones (excluding diaryl/α,β-unsaturated/α-hetero) is 1. The molecule has 1 N–H and O–H groups in total. The first kappa shape index (κ1) is 10.7. The highest BCUT2D eigenvalue weighted by Crippen LogP contribution is 2.12. The number of aliphatic hydroxyl groups excluding tert-OH is 1. The summed E-state index contributed by atoms with van der Waals surface area (Å²) in [5.74, 6) is 0.562. The van der Waals surface area contributed by atoms with E-state index in [4.69, 9.17) is 4.74 Å². The number of ketones is 1. The Bertz CT molecular complexity index is 303. The minimum Gasteiger partial charge on any atom is -0.497 e. The van der Waals surface area contributed by atoms with Gasteiger partial charge in [-0.3, -0.25) is 4.79 Å². The van der Waals surface area contributed by atoms with E-state index in [9.17, 15) is 9.90 Å². The van der Waals surface area contributed by atoms with Crippen molar-refractivity contribution in [3.63, 3.8) is 0 Å². The fraction of sp³-hybridized carbons (Fsp3) is 0.364. The number of ether oxygens (including phenoxy) is 1. The molecule has 0 spiro atoms. The third kappa shape index (κ3) is 2.85. The molecule has 0 saturated carbocycles. The SMILES string of the molecule is COc1ccc(CC(O)C(C)=O)cc1. The van der Waals surface area contributed by atoms with E-state index in [1.807, 2.05) is 24.3 Å². The molecule has 0 aliphatic rings. The lowest BCUT2D eigenvalue weighted by Crippen LogP contribution is -2.19. The van der Waals surface area contributed by atoms with Crippen LogP contribution in [0.25, 0.3) is 0 Å². The molecule has 1 unspecified atom stereocenters. The minimum absolute atomic E-state index is 0.208. The zero-order valence-corrected chi connectivity index (χ0v) is 8.36. The predicted octanol–water partition coefficient (Wildman–Crippen LogP) is 1.19. The van der Waals surface area contributed by atoms with Crippen LogP contribution in [0.1, 0.15) is 12.5 Å². The Morgan fingerprint density at radius 2 is 2.00 bits per heavy atom. The van der Waals surface area contributed by atoms with Crippen molar-refractivity contribution in [1.82, 2.24) is 0 Å². The quantitative estimate of drug-likeness (QED) is 0.783. The van der Waals surface area contributed by atoms with Crippen LogP contribution < -0.4 is 4.74 Å². The van der Waals surface area contributed by atoms with Gasteiger partial charge in [0.05, 0.1) is 7.11 Å². The molecule has 0 saturated heterocycles. The largest absolute Gasteiger partial charge is 0.497 e. The summed E-state index contributed by atoms with van der Waals surface area (Å²) in [5.41, 5.74) is 0.925. The van der Waals surface area contributed by atoms with Gasteiger partial charge in [0.2, 0.25) is 0 Å². The minimum atomic E-state index is -0.900. The number of hydrogen-bond acceptors (Lipinski definition) is 3. The number of rotatable bonds is 4. The van der Waals surface area contributed by atoms with Gasteiger partial charge in [-0.15, -0.1) is 0 Å². The summed E-state index contributed by atoms with van der Waals surface area (Å²) in [7, 11) is 1.60. The highest BCUT2D eigenvalue weighted by Gasteiger charge is 2.09. The van der Waals surface area contributed by atoms with Gasteiger partial charge >= 0.3 is 0 Å². The lowest BCUT2D eigenvalue weighted by Gasteiger charge is -2.07. The van der Waals surface area contributed by atoms with Gasteiger partial charge in [-0.05, 0) is 24.6 Å². The van der Waals surface area contributed by atoms with Gasteiger partial charge in [-0.1, -0.05) is 12.1 Å². The van der Waals surface area contributed by atoms with E-state index in [-0.39, 0.29) is 5.78 Å². The third-order valence-electron chi connectivity index (χ3n) is 2.06. The van der Waals surface area contributed by atoms with Crippen molar-refractivity contribution in [2.45, 2.75) is 19.4 Å². The maximum atomic E-state index is 10.8. The van der Waals surface area contributed by atoms with Crippen LogP contribution in [0.5, 0.6) is 5.75 Å². The molecule has 14 heavy (non-hydrogen) atoms. The molecular weight excluding hydrogens is 180 g/mol. The fourth-order valence-electron chi connectivity index (χ4n) is 1.13. The molecule has 0 aromatic heterocycles. The molecule has 3 heteroatoms. The lowest BCUT2D eigenvalue weighted by molar-refractivity contribution is -0.124. The van der Waals surface area contributed by atoms with Crippen molar-refractivity contribution in [1.29, 1.82) is 0 Å². The zero-order chi connectivity index (χ0) is 10.6. The van der Waals surface area contributed by atoms with Gasteiger partial charge in [0.1, 0.15) is 11.9 Å². The average Bonchev–Trinajstić information content (AvgIpc) is 2.19. The van der Waals surface area contributed by atoms with Crippen LogP contribution in [0.15, 0.2) is 24.3 Å². The number of hydrogen-bond donors (Lipinski definition) is 1. The molecule has 1 aromatic rings. The van der Waals surface area contributed by atoms with Crippen LogP contribution in [0, 0.1) is 0 Å². The molecule has 0 fully saturated rings. The van der Waals surface area contributed by atoms with E-state index in [1.165, 1.54) is 6.92 Å². The predicted molar refractivity (Wildman–Crippen MR) is 53.4 cm³/mol. The Kier molecular flexibility index (Phi) is 3.65. The summed E-state index contributed by atoms with van der Waals surface area (Å²) >= 11 is 0. The number of methoxy groups -OCH3 is 1. The molecule has 76 valence electrons. The first-order valence-electron chi connectivity index (χ1n) is 4.45. The molecule has 0 aliphatic carbocycles. The Morgan fingerprint density at radius 3 is 2.43 bits per heavy atom. The van der Waals surface area contributed by atoms with Crippen LogP contribution in [-0.4, -0.2) is 24.1 Å². The number of benzene rings is 1. The second kappa shape index (κ2) is 4.77. The van der Waals surface area contributed by atoms with E-state index in [0.717, 1.165) is 11.3 Å². The van der Waals surface area contributed by atoms with Gasteiger partial charge < -0.3 is 9.84 Å². The second-order valence-corrected chi connectivity index (χ2v) is 3.18. The monoisotopic (exact) mass is 194 g/mol. The molecule has 0 amide bonds. The maximum Gasteiger partial charge on any atom is 0.158 e. The lowest BCUT2D eigenvalue weighted by atomic mass is 10.1. The summed E-state index contributed by atoms with van der Waals surface area (Å²) in [6, 6.07) is 7.29. The van der Waals surface area contributed by atoms with E-state index in [1.54, 1.807) is 7.11 Å². The van der Waals surface area contributed by atoms with Crippen LogP contribution in [0.2, 0.25) is 0 Å². The van der Waals surface area contributed by atoms with E-state index >= 15 is 0 Å². The van der Waals surface area contributed by atoms with Crippen molar-refractivity contribution >= 4 is 5.78 Å². The van der Waals surface area contributed by atoms with Crippen LogP contribution >= 0.6 is 0 Å². The van der Waals surface area contributed by atoms with Gasteiger partial charge in [0, 0.05) is 6.42 Å². The average molecular weight is 194 g/mol. The summed E-state index contributed by atoms with van der Waals surface area (Å²) in [6.07, 6.45) is -0.539. The van der Waals surface area contributed by atoms with E-state index < -0.39 is 6.10 Å². The number of aliphatic hydroxyl groups is 1. The molecule has 1 aromatic carbocycles. The molecule has 1 rings (SSSR count). The zero-order valence-electron chi connectivity index (χ0n) is 8.36. The van der Waals surface area contributed by atoms with Crippen molar-refractivity contribution in [3.8, 4) is 5.75 Å². The Morgan fingerprint density at radius 1 is 1.43 bits per heavy atom. The normalized spacial score (nSPS) is 12.2. The van der Waals surface area contributed by atoms with Crippen molar-refractivity contribution in [3.05, 3.63) is 29.8 Å². The van der Waals surface area contributed by atoms with Gasteiger partial charge in [0.25, 0.3) is 0 Å². The third-order valence-corrected chi connectivity index (χ3v) is 2.06. The van der Waals surface area contributed by atoms with Crippen molar-refractivity contribution in [2.75, 3.05) is 7.11 Å². The van der Waals surface area contributed by atoms with E-state index in [0.29, 0.717) is 6.42 Å². The maximum absolute atomic E-state index is 10.8. The topological polar surface area (TPSA) is 46.5 Å². The smallest absolute Gasteiger partial charge is 0.158 e. The second-order valence-electron chi connectivity index (χ2n) is 3.18. The molecule has 0 aliphatic heterocycles. The molecular formula is C11H14O3. The van der Waals surface area contributed by atoms with Crippen LogP contribution in [0.4, 0.5) is 0 Å². The van der Waals surface area contributed by atoms with E-state index in [2.05, 4.69) is 0 Å². The molecule has 0 heterocycles. The van der Waals surface area contributed by atoms with Gasteiger partial charge in [0.15, 0.2) is 5.78 Å². The van der Waals surface area contributed by atoms with Crippen molar-refractivity contribution < 1.29 is 14.6 Å². The number of carbonyl (C=O) groups is 1. The molecule has 1 atom stereocenters. The Balaban J connectivity index is 2.64. The molecule has 0 radical (unpaired) electrons. The highest BCUT2D eigenvalue weighted by atomic mass is 16.5. The fourth-order valence-corrected chi connectivity index (χ4v) is 1.13. The standard InChI is InChI=1S/C11H14O3/c1-8(12)11(13)7-9-3-5-10(14-2)6-4-9/h3-6,11,13H,7H2,1-2H3. The summed E-state index contributed by atoms with van der Waals surface area (Å²) in [4.78, 5) is 10.8. The highest BCUT2D eigenvalue weighted by molar-refractivity contribution is 5.80. The molecule has 0 bridgehead atoms. The van der Waals surface area contributed by atoms with Gasteiger partial charge in [-0.2, -0.15) is 0 Å². The Hall–Kier alpha value is -1.35.